The maximum atomic E-state index is 11.6. The number of H-pyrrole nitrogens is 2. The van der Waals surface area contributed by atoms with Gasteiger partial charge in [-0.1, -0.05) is 13.3 Å². The number of unbranched alkanes of at least 4 members (excludes halogenated alkanes) is 1. The highest BCUT2D eigenvalue weighted by atomic mass is 32.2. The summed E-state index contributed by atoms with van der Waals surface area (Å²) >= 11 is 0. The van der Waals surface area contributed by atoms with Crippen LogP contribution in [0.3, 0.4) is 0 Å². The van der Waals surface area contributed by atoms with Gasteiger partial charge in [-0.25, -0.2) is 13.2 Å². The Kier molecular flexibility index (Phi) is 3.46. The van der Waals surface area contributed by atoms with Crippen LogP contribution in [0.5, 0.6) is 0 Å². The Hall–Kier alpha value is -1.37. The molecule has 0 fully saturated rings. The van der Waals surface area contributed by atoms with E-state index in [2.05, 4.69) is 4.98 Å². The summed E-state index contributed by atoms with van der Waals surface area (Å²) in [6, 6.07) is 0. The van der Waals surface area contributed by atoms with Crippen molar-refractivity contribution in [1.82, 2.24) is 9.97 Å². The van der Waals surface area contributed by atoms with Crippen LogP contribution >= 0.6 is 0 Å². The molecule has 0 amide bonds. The van der Waals surface area contributed by atoms with Crippen LogP contribution in [-0.4, -0.2) is 24.1 Å². The molecule has 1 rings (SSSR count). The van der Waals surface area contributed by atoms with E-state index in [4.69, 9.17) is 0 Å². The topological polar surface area (TPSA) is 99.9 Å². The van der Waals surface area contributed by atoms with Gasteiger partial charge in [-0.3, -0.25) is 9.78 Å². The fraction of sp³-hybridized carbons (Fsp3) is 0.500. The lowest BCUT2D eigenvalue weighted by Gasteiger charge is -2.00. The molecule has 0 aliphatic rings. The number of sulfone groups is 1. The highest BCUT2D eigenvalue weighted by Crippen LogP contribution is 2.05. The van der Waals surface area contributed by atoms with Gasteiger partial charge >= 0.3 is 5.69 Å². The molecule has 0 unspecified atom stereocenters. The number of aromatic nitrogens is 2. The fourth-order valence-corrected chi connectivity index (χ4v) is 2.53. The Morgan fingerprint density at radius 1 is 1.33 bits per heavy atom. The first-order chi connectivity index (χ1) is 6.97. The summed E-state index contributed by atoms with van der Waals surface area (Å²) in [5.74, 6) is -0.0847. The molecule has 0 radical (unpaired) electrons. The first-order valence-electron chi connectivity index (χ1n) is 4.52. The molecule has 0 atom stereocenters. The first kappa shape index (κ1) is 11.7. The summed E-state index contributed by atoms with van der Waals surface area (Å²) in [4.78, 5) is 25.5. The van der Waals surface area contributed by atoms with Crippen LogP contribution < -0.4 is 11.2 Å². The SMILES string of the molecule is CCCCS(=O)(=O)c1c[nH]c(=O)[nH]c1=O. The minimum Gasteiger partial charge on any atom is -0.313 e. The standard InChI is InChI=1S/C8H12N2O4S/c1-2-3-4-15(13,14)6-5-9-8(12)10-7(6)11/h5H,2-4H2,1H3,(H2,9,10,11,12). The van der Waals surface area contributed by atoms with Gasteiger partial charge in [0.25, 0.3) is 5.56 Å². The lowest BCUT2D eigenvalue weighted by Crippen LogP contribution is -2.27. The summed E-state index contributed by atoms with van der Waals surface area (Å²) < 4.78 is 23.2. The van der Waals surface area contributed by atoms with Crippen molar-refractivity contribution in [3.8, 4) is 0 Å². The molecule has 84 valence electrons. The van der Waals surface area contributed by atoms with Gasteiger partial charge in [0.1, 0.15) is 4.90 Å². The third-order valence-corrected chi connectivity index (χ3v) is 3.69. The summed E-state index contributed by atoms with van der Waals surface area (Å²) in [5, 5.41) is 0. The van der Waals surface area contributed by atoms with Crippen molar-refractivity contribution in [3.05, 3.63) is 27.0 Å². The molecule has 1 aromatic heterocycles. The van der Waals surface area contributed by atoms with Crippen LogP contribution in [0.25, 0.3) is 0 Å². The molecule has 15 heavy (non-hydrogen) atoms. The molecule has 0 saturated heterocycles. The lowest BCUT2D eigenvalue weighted by molar-refractivity contribution is 0.590. The van der Waals surface area contributed by atoms with E-state index in [9.17, 15) is 18.0 Å². The average molecular weight is 232 g/mol. The number of aromatic amines is 2. The van der Waals surface area contributed by atoms with Gasteiger partial charge in [-0.2, -0.15) is 0 Å². The smallest absolute Gasteiger partial charge is 0.313 e. The maximum absolute atomic E-state index is 11.6. The highest BCUT2D eigenvalue weighted by Gasteiger charge is 2.17. The molecule has 2 N–H and O–H groups in total. The Morgan fingerprint density at radius 3 is 2.53 bits per heavy atom. The summed E-state index contributed by atoms with van der Waals surface area (Å²) in [5.41, 5.74) is -1.58. The second-order valence-corrected chi connectivity index (χ2v) is 5.19. The van der Waals surface area contributed by atoms with Gasteiger partial charge in [0.15, 0.2) is 9.84 Å². The van der Waals surface area contributed by atoms with Crippen molar-refractivity contribution in [2.75, 3.05) is 5.75 Å². The Morgan fingerprint density at radius 2 is 2.00 bits per heavy atom. The summed E-state index contributed by atoms with van der Waals surface area (Å²) in [6.45, 7) is 1.85. The number of hydrogen-bond donors (Lipinski definition) is 2. The van der Waals surface area contributed by atoms with Crippen LogP contribution in [0.2, 0.25) is 0 Å². The van der Waals surface area contributed by atoms with Crippen LogP contribution in [-0.2, 0) is 9.84 Å². The Labute approximate surface area is 86.3 Å². The predicted molar refractivity (Wildman–Crippen MR) is 54.6 cm³/mol. The quantitative estimate of drug-likeness (QED) is 0.740. The third kappa shape index (κ3) is 2.79. The minimum absolute atomic E-state index is 0.0847. The van der Waals surface area contributed by atoms with Gasteiger partial charge in [0.05, 0.1) is 5.75 Å². The van der Waals surface area contributed by atoms with E-state index in [0.29, 0.717) is 6.42 Å². The molecule has 0 spiro atoms. The zero-order valence-electron chi connectivity index (χ0n) is 8.24. The molecule has 0 aromatic carbocycles. The normalized spacial score (nSPS) is 11.5. The third-order valence-electron chi connectivity index (χ3n) is 1.89. The zero-order chi connectivity index (χ0) is 11.5. The molecule has 0 aliphatic carbocycles. The van der Waals surface area contributed by atoms with Crippen molar-refractivity contribution in [1.29, 1.82) is 0 Å². The number of hydrogen-bond acceptors (Lipinski definition) is 4. The van der Waals surface area contributed by atoms with Crippen molar-refractivity contribution >= 4 is 9.84 Å². The average Bonchev–Trinajstić information content (AvgIpc) is 2.14. The van der Waals surface area contributed by atoms with Gasteiger partial charge in [0.2, 0.25) is 0 Å². The van der Waals surface area contributed by atoms with Gasteiger partial charge < -0.3 is 4.98 Å². The molecular formula is C8H12N2O4S. The van der Waals surface area contributed by atoms with E-state index in [1.165, 1.54) is 0 Å². The molecule has 6 nitrogen and oxygen atoms in total. The van der Waals surface area contributed by atoms with Crippen LogP contribution in [0.15, 0.2) is 20.7 Å². The minimum atomic E-state index is -3.58. The zero-order valence-corrected chi connectivity index (χ0v) is 9.06. The van der Waals surface area contributed by atoms with Crippen LogP contribution in [0.1, 0.15) is 19.8 Å². The summed E-state index contributed by atoms with van der Waals surface area (Å²) in [6.07, 6.45) is 2.15. The maximum Gasteiger partial charge on any atom is 0.325 e. The summed E-state index contributed by atoms with van der Waals surface area (Å²) in [7, 11) is -3.58. The van der Waals surface area contributed by atoms with Gasteiger partial charge in [0, 0.05) is 6.20 Å². The monoisotopic (exact) mass is 232 g/mol. The second kappa shape index (κ2) is 4.43. The fourth-order valence-electron chi connectivity index (χ4n) is 1.07. The lowest BCUT2D eigenvalue weighted by atomic mass is 10.4. The van der Waals surface area contributed by atoms with Gasteiger partial charge in [-0.05, 0) is 6.42 Å². The number of rotatable bonds is 4. The first-order valence-corrected chi connectivity index (χ1v) is 6.17. The molecule has 1 aromatic rings. The van der Waals surface area contributed by atoms with Crippen molar-refractivity contribution in [2.45, 2.75) is 24.7 Å². The van der Waals surface area contributed by atoms with Crippen molar-refractivity contribution < 1.29 is 8.42 Å². The molecule has 7 heteroatoms. The Bertz CT molecular complexity index is 540. The Balaban J connectivity index is 3.17. The van der Waals surface area contributed by atoms with E-state index in [1.54, 1.807) is 0 Å². The predicted octanol–water partition coefficient (Wildman–Crippen LogP) is -0.363. The second-order valence-electron chi connectivity index (χ2n) is 3.11. The van der Waals surface area contributed by atoms with Gasteiger partial charge in [-0.15, -0.1) is 0 Å². The van der Waals surface area contributed by atoms with E-state index >= 15 is 0 Å². The molecule has 1 heterocycles. The van der Waals surface area contributed by atoms with Crippen molar-refractivity contribution in [3.63, 3.8) is 0 Å². The highest BCUT2D eigenvalue weighted by molar-refractivity contribution is 7.91. The van der Waals surface area contributed by atoms with Crippen LogP contribution in [0.4, 0.5) is 0 Å². The molecule has 0 bridgehead atoms. The van der Waals surface area contributed by atoms with E-state index in [-0.39, 0.29) is 10.6 Å². The molecular weight excluding hydrogens is 220 g/mol. The largest absolute Gasteiger partial charge is 0.325 e. The number of nitrogens with one attached hydrogen (secondary N) is 2. The van der Waals surface area contributed by atoms with E-state index < -0.39 is 21.1 Å². The van der Waals surface area contributed by atoms with E-state index in [1.807, 2.05) is 11.9 Å². The molecule has 0 aliphatic heterocycles. The van der Waals surface area contributed by atoms with E-state index in [0.717, 1.165) is 12.6 Å². The van der Waals surface area contributed by atoms with Crippen molar-refractivity contribution in [2.24, 2.45) is 0 Å². The van der Waals surface area contributed by atoms with Crippen LogP contribution in [0, 0.1) is 0 Å². The molecule has 0 saturated carbocycles.